The van der Waals surface area contributed by atoms with Gasteiger partial charge >= 0.3 is 12.1 Å². The Morgan fingerprint density at radius 2 is 1.56 bits per heavy atom. The monoisotopic (exact) mass is 234 g/mol. The smallest absolute Gasteiger partial charge is 0.465 e. The Bertz CT molecular complexity index is 225. The first-order valence-corrected chi connectivity index (χ1v) is 5.02. The molecule has 0 saturated carbocycles. The van der Waals surface area contributed by atoms with E-state index in [0.29, 0.717) is 0 Å². The highest BCUT2D eigenvalue weighted by molar-refractivity contribution is 5.65. The number of rotatable bonds is 6. The van der Waals surface area contributed by atoms with E-state index in [1.807, 2.05) is 0 Å². The number of esters is 1. The van der Waals surface area contributed by atoms with Gasteiger partial charge in [-0.15, -0.1) is 0 Å². The van der Waals surface area contributed by atoms with Crippen molar-refractivity contribution in [3.05, 3.63) is 0 Å². The molecule has 0 spiro atoms. The van der Waals surface area contributed by atoms with Crippen LogP contribution in [0.1, 0.15) is 20.8 Å². The van der Waals surface area contributed by atoms with Crippen molar-refractivity contribution in [1.82, 2.24) is 0 Å². The van der Waals surface area contributed by atoms with Crippen LogP contribution in [-0.2, 0) is 19.0 Å². The van der Waals surface area contributed by atoms with E-state index in [1.54, 1.807) is 6.92 Å². The Balaban J connectivity index is 3.54. The summed E-state index contributed by atoms with van der Waals surface area (Å²) in [5, 5.41) is 8.83. The molecule has 0 heterocycles. The topological polar surface area (TPSA) is 82.1 Å². The first-order chi connectivity index (χ1) is 7.41. The lowest BCUT2D eigenvalue weighted by molar-refractivity contribution is -0.142. The van der Waals surface area contributed by atoms with Crippen LogP contribution in [-0.4, -0.2) is 43.2 Å². The summed E-state index contributed by atoms with van der Waals surface area (Å²) in [6, 6.07) is 0. The molecule has 0 aromatic heterocycles. The number of carbonyl (C=O) groups excluding carboxylic acids is 2. The van der Waals surface area contributed by atoms with E-state index >= 15 is 0 Å². The van der Waals surface area contributed by atoms with Crippen LogP contribution in [0.4, 0.5) is 4.79 Å². The minimum absolute atomic E-state index is 0.0944. The predicted octanol–water partition coefficient (Wildman–Crippen LogP) is 0.720. The molecule has 0 amide bonds. The largest absolute Gasteiger partial charge is 0.508 e. The van der Waals surface area contributed by atoms with Crippen LogP contribution in [0.3, 0.4) is 0 Å². The maximum atomic E-state index is 10.9. The number of hydrogen-bond donors (Lipinski definition) is 1. The van der Waals surface area contributed by atoms with Crippen molar-refractivity contribution in [2.75, 3.05) is 19.8 Å². The van der Waals surface area contributed by atoms with Gasteiger partial charge in [0, 0.05) is 12.8 Å². The molecule has 0 radical (unpaired) electrons. The lowest BCUT2D eigenvalue weighted by Crippen LogP contribution is -2.20. The molecule has 16 heavy (non-hydrogen) atoms. The SMILES string of the molecule is CC(=O)OCC(C)COC(=O)OCC(C)O. The number of aliphatic hydroxyl groups excluding tert-OH is 1. The van der Waals surface area contributed by atoms with Crippen LogP contribution in [0, 0.1) is 5.92 Å². The molecule has 0 rings (SSSR count). The highest BCUT2D eigenvalue weighted by atomic mass is 16.7. The van der Waals surface area contributed by atoms with E-state index in [4.69, 9.17) is 14.6 Å². The Labute approximate surface area is 94.5 Å². The molecule has 0 aliphatic rings. The highest BCUT2D eigenvalue weighted by Gasteiger charge is 2.10. The van der Waals surface area contributed by atoms with E-state index in [2.05, 4.69) is 4.74 Å². The summed E-state index contributed by atoms with van der Waals surface area (Å²) >= 11 is 0. The molecule has 2 atom stereocenters. The summed E-state index contributed by atoms with van der Waals surface area (Å²) in [7, 11) is 0. The molecule has 94 valence electrons. The zero-order valence-corrected chi connectivity index (χ0v) is 9.76. The molecule has 0 bridgehead atoms. The van der Waals surface area contributed by atoms with Gasteiger partial charge in [-0.3, -0.25) is 4.79 Å². The summed E-state index contributed by atoms with van der Waals surface area (Å²) in [6.45, 7) is 4.77. The Hall–Kier alpha value is -1.30. The lowest BCUT2D eigenvalue weighted by atomic mass is 10.2. The molecular weight excluding hydrogens is 216 g/mol. The molecule has 6 heteroatoms. The molecular formula is C10H18O6. The van der Waals surface area contributed by atoms with Crippen molar-refractivity contribution in [3.63, 3.8) is 0 Å². The van der Waals surface area contributed by atoms with Gasteiger partial charge in [0.25, 0.3) is 0 Å². The zero-order chi connectivity index (χ0) is 12.6. The number of hydrogen-bond acceptors (Lipinski definition) is 6. The maximum absolute atomic E-state index is 10.9. The van der Waals surface area contributed by atoms with Crippen molar-refractivity contribution in [2.45, 2.75) is 26.9 Å². The fourth-order valence-corrected chi connectivity index (χ4v) is 0.748. The molecule has 2 unspecified atom stereocenters. The fraction of sp³-hybridized carbons (Fsp3) is 0.800. The Morgan fingerprint density at radius 1 is 1.06 bits per heavy atom. The van der Waals surface area contributed by atoms with Gasteiger partial charge in [-0.1, -0.05) is 6.92 Å². The second-order valence-electron chi connectivity index (χ2n) is 3.63. The van der Waals surface area contributed by atoms with Gasteiger partial charge < -0.3 is 19.3 Å². The quantitative estimate of drug-likeness (QED) is 0.682. The number of carbonyl (C=O) groups is 2. The molecule has 6 nitrogen and oxygen atoms in total. The van der Waals surface area contributed by atoms with Crippen molar-refractivity contribution < 1.29 is 28.9 Å². The van der Waals surface area contributed by atoms with E-state index in [9.17, 15) is 9.59 Å². The van der Waals surface area contributed by atoms with Gasteiger partial charge in [0.15, 0.2) is 0 Å². The number of aliphatic hydroxyl groups is 1. The van der Waals surface area contributed by atoms with Gasteiger partial charge in [-0.2, -0.15) is 0 Å². The third kappa shape index (κ3) is 9.26. The van der Waals surface area contributed by atoms with Crippen molar-refractivity contribution in [3.8, 4) is 0 Å². The highest BCUT2D eigenvalue weighted by Crippen LogP contribution is 1.99. The molecule has 0 saturated heterocycles. The fourth-order valence-electron chi connectivity index (χ4n) is 0.748. The van der Waals surface area contributed by atoms with Crippen molar-refractivity contribution in [2.24, 2.45) is 5.92 Å². The normalized spacial score (nSPS) is 13.8. The summed E-state index contributed by atoms with van der Waals surface area (Å²) < 4.78 is 14.0. The van der Waals surface area contributed by atoms with Crippen LogP contribution in [0.15, 0.2) is 0 Å². The summed E-state index contributed by atoms with van der Waals surface area (Å²) in [6.07, 6.45) is -1.55. The van der Waals surface area contributed by atoms with Crippen LogP contribution in [0.2, 0.25) is 0 Å². The third-order valence-corrected chi connectivity index (χ3v) is 1.50. The van der Waals surface area contributed by atoms with E-state index < -0.39 is 12.3 Å². The Kier molecular flexibility index (Phi) is 7.28. The standard InChI is InChI=1S/C10H18O6/c1-7(4-14-9(3)12)5-15-10(13)16-6-8(2)11/h7-8,11H,4-6H2,1-3H3. The molecule has 0 aliphatic carbocycles. The molecule has 0 aromatic carbocycles. The molecule has 0 fully saturated rings. The molecule has 0 aromatic rings. The van der Waals surface area contributed by atoms with Gasteiger partial charge in [0.1, 0.15) is 13.2 Å². The predicted molar refractivity (Wildman–Crippen MR) is 54.8 cm³/mol. The summed E-state index contributed by atoms with van der Waals surface area (Å²) in [5.41, 5.74) is 0. The van der Waals surface area contributed by atoms with Crippen LogP contribution >= 0.6 is 0 Å². The average Bonchev–Trinajstić information content (AvgIpc) is 2.20. The lowest BCUT2D eigenvalue weighted by Gasteiger charge is -2.12. The van der Waals surface area contributed by atoms with Crippen LogP contribution in [0.25, 0.3) is 0 Å². The van der Waals surface area contributed by atoms with Crippen molar-refractivity contribution >= 4 is 12.1 Å². The first-order valence-electron chi connectivity index (χ1n) is 5.02. The second kappa shape index (κ2) is 7.92. The minimum Gasteiger partial charge on any atom is -0.465 e. The molecule has 1 N–H and O–H groups in total. The van der Waals surface area contributed by atoms with Gasteiger partial charge in [0.2, 0.25) is 0 Å². The summed E-state index contributed by atoms with van der Waals surface area (Å²) in [4.78, 5) is 21.4. The number of ether oxygens (including phenoxy) is 3. The van der Waals surface area contributed by atoms with Gasteiger partial charge in [-0.05, 0) is 6.92 Å². The van der Waals surface area contributed by atoms with E-state index in [1.165, 1.54) is 13.8 Å². The van der Waals surface area contributed by atoms with Gasteiger partial charge in [0.05, 0.1) is 12.7 Å². The molecule has 0 aliphatic heterocycles. The van der Waals surface area contributed by atoms with Crippen LogP contribution < -0.4 is 0 Å². The van der Waals surface area contributed by atoms with E-state index in [-0.39, 0.29) is 31.7 Å². The first kappa shape index (κ1) is 14.7. The van der Waals surface area contributed by atoms with E-state index in [0.717, 1.165) is 0 Å². The maximum Gasteiger partial charge on any atom is 0.508 e. The minimum atomic E-state index is -0.837. The Morgan fingerprint density at radius 3 is 2.06 bits per heavy atom. The third-order valence-electron chi connectivity index (χ3n) is 1.50. The zero-order valence-electron chi connectivity index (χ0n) is 9.76. The average molecular weight is 234 g/mol. The summed E-state index contributed by atoms with van der Waals surface area (Å²) in [5.74, 6) is -0.466. The van der Waals surface area contributed by atoms with Crippen LogP contribution in [0.5, 0.6) is 0 Å². The van der Waals surface area contributed by atoms with Crippen molar-refractivity contribution in [1.29, 1.82) is 0 Å². The van der Waals surface area contributed by atoms with Gasteiger partial charge in [-0.25, -0.2) is 4.79 Å². The second-order valence-corrected chi connectivity index (χ2v) is 3.63.